The summed E-state index contributed by atoms with van der Waals surface area (Å²) in [4.78, 5) is 38.2. The van der Waals surface area contributed by atoms with Gasteiger partial charge in [-0.2, -0.15) is 0 Å². The highest BCUT2D eigenvalue weighted by atomic mass is 16.5. The maximum atomic E-state index is 12.9. The quantitative estimate of drug-likeness (QED) is 0.176. The second-order valence-electron chi connectivity index (χ2n) is 7.47. The molecule has 2 aromatic carbocycles. The Bertz CT molecular complexity index is 1030. The zero-order valence-corrected chi connectivity index (χ0v) is 18.6. The number of carbonyl (C=O) groups is 3. The summed E-state index contributed by atoms with van der Waals surface area (Å²) in [5.41, 5.74) is 1.89. The third kappa shape index (κ3) is 5.56. The predicted octanol–water partition coefficient (Wildman–Crippen LogP) is 0.237. The summed E-state index contributed by atoms with van der Waals surface area (Å²) in [6, 6.07) is 13.5. The summed E-state index contributed by atoms with van der Waals surface area (Å²) in [7, 11) is 2.62. The Morgan fingerprint density at radius 2 is 1.42 bits per heavy atom. The lowest BCUT2D eigenvalue weighted by molar-refractivity contribution is -0.148. The molecule has 0 aliphatic rings. The summed E-state index contributed by atoms with van der Waals surface area (Å²) >= 11 is 0. The van der Waals surface area contributed by atoms with Crippen molar-refractivity contribution in [2.45, 2.75) is 18.4 Å². The number of carbonyl (C=O) groups excluding carboxylic acids is 3. The highest BCUT2D eigenvalue weighted by Gasteiger charge is 2.47. The van der Waals surface area contributed by atoms with Crippen molar-refractivity contribution < 1.29 is 29.8 Å². The minimum atomic E-state index is -1.96. The molecule has 3 amide bonds. The van der Waals surface area contributed by atoms with E-state index < -0.39 is 23.3 Å². The number of benzene rings is 2. The molecule has 5 N–H and O–H groups in total. The van der Waals surface area contributed by atoms with Crippen LogP contribution in [0.25, 0.3) is 0 Å². The smallest absolute Gasteiger partial charge is 0.278 e. The summed E-state index contributed by atoms with van der Waals surface area (Å²) in [6.45, 7) is 0.938. The normalized spacial score (nSPS) is 12.2. The van der Waals surface area contributed by atoms with Crippen molar-refractivity contribution in [1.82, 2.24) is 15.7 Å². The van der Waals surface area contributed by atoms with Crippen molar-refractivity contribution in [3.63, 3.8) is 0 Å². The number of rotatable bonds is 7. The van der Waals surface area contributed by atoms with Gasteiger partial charge in [-0.3, -0.25) is 19.6 Å². The average molecular weight is 453 g/mol. The van der Waals surface area contributed by atoms with Gasteiger partial charge in [0.2, 0.25) is 0 Å². The van der Waals surface area contributed by atoms with Gasteiger partial charge in [-0.15, -0.1) is 0 Å². The molecule has 174 valence electrons. The molecule has 0 spiro atoms. The fourth-order valence-corrected chi connectivity index (χ4v) is 3.10. The molecular weight excluding hydrogens is 426 g/mol. The van der Waals surface area contributed by atoms with E-state index >= 15 is 0 Å². The summed E-state index contributed by atoms with van der Waals surface area (Å²) in [6.07, 6.45) is 0. The Morgan fingerprint density at radius 1 is 0.939 bits per heavy atom. The number of likely N-dealkylation sites (N-methyl/N-ethyl adjacent to an activating group) is 2. The van der Waals surface area contributed by atoms with Crippen LogP contribution in [-0.2, 0) is 9.59 Å². The largest absolute Gasteiger partial charge is 0.396 e. The van der Waals surface area contributed by atoms with Gasteiger partial charge in [0.05, 0.1) is 13.2 Å². The van der Waals surface area contributed by atoms with Gasteiger partial charge in [0.25, 0.3) is 17.7 Å². The van der Waals surface area contributed by atoms with Gasteiger partial charge in [0, 0.05) is 36.7 Å². The zero-order valence-electron chi connectivity index (χ0n) is 18.6. The first-order valence-corrected chi connectivity index (χ1v) is 10.1. The van der Waals surface area contributed by atoms with Crippen molar-refractivity contribution in [3.05, 3.63) is 70.8 Å². The van der Waals surface area contributed by atoms with Crippen LogP contribution in [0, 0.1) is 11.8 Å². The average Bonchev–Trinajstić information content (AvgIpc) is 2.86. The fourth-order valence-electron chi connectivity index (χ4n) is 3.10. The molecular formula is C24H27N3O6. The van der Waals surface area contributed by atoms with Gasteiger partial charge in [0.15, 0.2) is 5.54 Å². The standard InChI is InChI=1S/C24H27N3O6/c1-24(22(31)25-2,23(32)26-33)27(3)21(30)19-12-8-17(9-13-19)5-4-16-6-10-18(11-7-16)20(14-28)15-29/h6-13,20,28-29,33H,14-15H2,1-3H3,(H,25,31)(H,26,32). The van der Waals surface area contributed by atoms with Crippen molar-refractivity contribution >= 4 is 17.7 Å². The van der Waals surface area contributed by atoms with E-state index in [0.717, 1.165) is 16.0 Å². The molecule has 0 saturated carbocycles. The van der Waals surface area contributed by atoms with E-state index in [9.17, 15) is 24.6 Å². The van der Waals surface area contributed by atoms with Crippen LogP contribution in [0.2, 0.25) is 0 Å². The maximum Gasteiger partial charge on any atom is 0.278 e. The third-order valence-electron chi connectivity index (χ3n) is 5.49. The molecule has 9 nitrogen and oxygen atoms in total. The van der Waals surface area contributed by atoms with Crippen LogP contribution in [0.4, 0.5) is 0 Å². The topological polar surface area (TPSA) is 139 Å². The monoisotopic (exact) mass is 453 g/mol. The molecule has 9 heteroatoms. The van der Waals surface area contributed by atoms with Gasteiger partial charge >= 0.3 is 0 Å². The highest BCUT2D eigenvalue weighted by molar-refractivity contribution is 6.12. The van der Waals surface area contributed by atoms with Crippen molar-refractivity contribution in [1.29, 1.82) is 0 Å². The maximum absolute atomic E-state index is 12.9. The first kappa shape index (κ1) is 25.5. The molecule has 0 heterocycles. The van der Waals surface area contributed by atoms with Crippen LogP contribution in [0.1, 0.15) is 39.9 Å². The van der Waals surface area contributed by atoms with Crippen LogP contribution in [0.15, 0.2) is 48.5 Å². The molecule has 0 saturated heterocycles. The number of nitrogens with zero attached hydrogens (tertiary/aromatic N) is 1. The predicted molar refractivity (Wildman–Crippen MR) is 120 cm³/mol. The van der Waals surface area contributed by atoms with E-state index in [1.165, 1.54) is 38.6 Å². The molecule has 0 bridgehead atoms. The number of nitrogens with one attached hydrogen (secondary N) is 2. The molecule has 33 heavy (non-hydrogen) atoms. The van der Waals surface area contributed by atoms with Gasteiger partial charge < -0.3 is 20.4 Å². The molecule has 2 rings (SSSR count). The van der Waals surface area contributed by atoms with Crippen molar-refractivity contribution in [2.75, 3.05) is 27.3 Å². The van der Waals surface area contributed by atoms with E-state index in [1.807, 2.05) is 0 Å². The third-order valence-corrected chi connectivity index (χ3v) is 5.49. The highest BCUT2D eigenvalue weighted by Crippen LogP contribution is 2.18. The van der Waals surface area contributed by atoms with Crippen LogP contribution < -0.4 is 10.8 Å². The van der Waals surface area contributed by atoms with Gasteiger partial charge in [0.1, 0.15) is 0 Å². The summed E-state index contributed by atoms with van der Waals surface area (Å²) < 4.78 is 0. The number of hydrogen-bond acceptors (Lipinski definition) is 6. The van der Waals surface area contributed by atoms with Crippen LogP contribution in [0.5, 0.6) is 0 Å². The second-order valence-corrected chi connectivity index (χ2v) is 7.47. The molecule has 0 aliphatic heterocycles. The van der Waals surface area contributed by atoms with Crippen LogP contribution in [0.3, 0.4) is 0 Å². The second kappa shape index (κ2) is 11.2. The molecule has 0 radical (unpaired) electrons. The Hall–Kier alpha value is -3.71. The fraction of sp³-hybridized carbons (Fsp3) is 0.292. The molecule has 1 atom stereocenters. The Balaban J connectivity index is 2.19. The first-order valence-electron chi connectivity index (χ1n) is 10.1. The number of hydrogen-bond donors (Lipinski definition) is 5. The Morgan fingerprint density at radius 3 is 1.85 bits per heavy atom. The number of aliphatic hydroxyl groups excluding tert-OH is 2. The lowest BCUT2D eigenvalue weighted by atomic mass is 9.96. The molecule has 2 aromatic rings. The van der Waals surface area contributed by atoms with Gasteiger partial charge in [-0.25, -0.2) is 5.48 Å². The lowest BCUT2D eigenvalue weighted by Crippen LogP contribution is -2.64. The lowest BCUT2D eigenvalue weighted by Gasteiger charge is -2.34. The Kier molecular flexibility index (Phi) is 8.70. The van der Waals surface area contributed by atoms with Crippen LogP contribution >= 0.6 is 0 Å². The molecule has 0 aliphatic carbocycles. The number of hydroxylamine groups is 1. The summed E-state index contributed by atoms with van der Waals surface area (Å²) in [5.74, 6) is 3.25. The summed E-state index contributed by atoms with van der Waals surface area (Å²) in [5, 5.41) is 29.8. The van der Waals surface area contributed by atoms with E-state index in [-0.39, 0.29) is 24.7 Å². The number of aliphatic hydroxyl groups is 2. The van der Waals surface area contributed by atoms with E-state index in [1.54, 1.807) is 36.4 Å². The molecule has 0 fully saturated rings. The van der Waals surface area contributed by atoms with Gasteiger partial charge in [-0.05, 0) is 48.9 Å². The molecule has 0 aromatic heterocycles. The van der Waals surface area contributed by atoms with Crippen molar-refractivity contribution in [2.24, 2.45) is 0 Å². The Labute approximate surface area is 192 Å². The zero-order chi connectivity index (χ0) is 24.6. The van der Waals surface area contributed by atoms with Crippen molar-refractivity contribution in [3.8, 4) is 11.8 Å². The minimum Gasteiger partial charge on any atom is -0.396 e. The van der Waals surface area contributed by atoms with E-state index in [2.05, 4.69) is 17.2 Å². The van der Waals surface area contributed by atoms with Crippen LogP contribution in [-0.4, -0.2) is 70.9 Å². The first-order chi connectivity index (χ1) is 15.7. The SMILES string of the molecule is CNC(=O)C(C)(C(=O)NO)N(C)C(=O)c1ccc(C#Cc2ccc(C(CO)CO)cc2)cc1. The van der Waals surface area contributed by atoms with Gasteiger partial charge in [-0.1, -0.05) is 24.0 Å². The van der Waals surface area contributed by atoms with E-state index in [0.29, 0.717) is 5.56 Å². The van der Waals surface area contributed by atoms with E-state index in [4.69, 9.17) is 5.21 Å². The number of amides is 3. The molecule has 1 unspecified atom stereocenters. The minimum absolute atomic E-state index is 0.144.